The summed E-state index contributed by atoms with van der Waals surface area (Å²) < 4.78 is 11.1. The highest BCUT2D eigenvalue weighted by atomic mass is 32.2. The van der Waals surface area contributed by atoms with Gasteiger partial charge in [0.15, 0.2) is 5.17 Å². The number of rotatable bonds is 2. The highest BCUT2D eigenvalue weighted by Gasteiger charge is 2.44. The van der Waals surface area contributed by atoms with Crippen LogP contribution in [0.1, 0.15) is 34.1 Å². The summed E-state index contributed by atoms with van der Waals surface area (Å²) in [6.07, 6.45) is -1.20. The molecule has 126 valence electrons. The number of aliphatic hydroxyl groups excluding tert-OH is 2. The number of aliphatic imine (C=N–C) groups is 1. The molecule has 0 radical (unpaired) electrons. The van der Waals surface area contributed by atoms with Crippen LogP contribution in [0.3, 0.4) is 0 Å². The molecule has 8 heteroatoms. The molecule has 22 heavy (non-hydrogen) atoms. The first-order valence-electron chi connectivity index (χ1n) is 7.44. The molecule has 0 bridgehead atoms. The SMILES string of the molecule is CCN(C(=O)OC(C)(C)C)C1=NC2C(O)CC(CO)OC2S1. The van der Waals surface area contributed by atoms with E-state index in [1.807, 2.05) is 6.92 Å². The lowest BCUT2D eigenvalue weighted by Crippen LogP contribution is -2.45. The molecular formula is C14H24N2O5S. The first-order valence-corrected chi connectivity index (χ1v) is 8.32. The van der Waals surface area contributed by atoms with Crippen molar-refractivity contribution in [2.24, 2.45) is 4.99 Å². The highest BCUT2D eigenvalue weighted by molar-refractivity contribution is 8.14. The standard InChI is InChI=1S/C14H24N2O5S/c1-5-16(13(19)21-14(2,3)4)12-15-10-9(18)6-8(7-17)20-11(10)22-12/h8-11,17-18H,5-7H2,1-4H3. The highest BCUT2D eigenvalue weighted by Crippen LogP contribution is 2.37. The lowest BCUT2D eigenvalue weighted by atomic mass is 10.0. The fraction of sp³-hybridized carbons (Fsp3) is 0.857. The molecule has 0 aliphatic carbocycles. The topological polar surface area (TPSA) is 91.6 Å². The van der Waals surface area contributed by atoms with Crippen LogP contribution < -0.4 is 0 Å². The van der Waals surface area contributed by atoms with Crippen molar-refractivity contribution in [1.29, 1.82) is 0 Å². The lowest BCUT2D eigenvalue weighted by molar-refractivity contribution is -0.0875. The molecule has 4 unspecified atom stereocenters. The van der Waals surface area contributed by atoms with E-state index in [-0.39, 0.29) is 12.0 Å². The zero-order valence-corrected chi connectivity index (χ0v) is 14.2. The second kappa shape index (κ2) is 6.74. The lowest BCUT2D eigenvalue weighted by Gasteiger charge is -2.33. The van der Waals surface area contributed by atoms with E-state index in [0.29, 0.717) is 18.1 Å². The Morgan fingerprint density at radius 3 is 2.77 bits per heavy atom. The van der Waals surface area contributed by atoms with E-state index < -0.39 is 29.9 Å². The Morgan fingerprint density at radius 1 is 1.55 bits per heavy atom. The van der Waals surface area contributed by atoms with Crippen molar-refractivity contribution < 1.29 is 24.5 Å². The molecule has 0 aromatic carbocycles. The van der Waals surface area contributed by atoms with Gasteiger partial charge in [0.2, 0.25) is 0 Å². The second-order valence-electron chi connectivity index (χ2n) is 6.36. The van der Waals surface area contributed by atoms with Gasteiger partial charge >= 0.3 is 6.09 Å². The number of aliphatic hydroxyl groups is 2. The number of carbonyl (C=O) groups is 1. The molecule has 2 rings (SSSR count). The zero-order valence-electron chi connectivity index (χ0n) is 13.4. The summed E-state index contributed by atoms with van der Waals surface area (Å²) in [5.74, 6) is 0. The van der Waals surface area contributed by atoms with Crippen LogP contribution in [0, 0.1) is 0 Å². The zero-order chi connectivity index (χ0) is 16.5. The van der Waals surface area contributed by atoms with Crippen molar-refractivity contribution in [2.45, 2.75) is 63.4 Å². The van der Waals surface area contributed by atoms with Gasteiger partial charge in [-0.25, -0.2) is 4.79 Å². The van der Waals surface area contributed by atoms with Gasteiger partial charge in [0.25, 0.3) is 0 Å². The molecule has 0 spiro atoms. The Labute approximate surface area is 134 Å². The number of thioether (sulfide) groups is 1. The Balaban J connectivity index is 2.09. The molecule has 2 N–H and O–H groups in total. The van der Waals surface area contributed by atoms with Crippen LogP contribution >= 0.6 is 11.8 Å². The van der Waals surface area contributed by atoms with Gasteiger partial charge in [-0.15, -0.1) is 0 Å². The molecule has 2 aliphatic rings. The summed E-state index contributed by atoms with van der Waals surface area (Å²) in [6.45, 7) is 7.53. The van der Waals surface area contributed by atoms with Crippen molar-refractivity contribution in [3.8, 4) is 0 Å². The maximum Gasteiger partial charge on any atom is 0.416 e. The Hall–Kier alpha value is -0.830. The predicted molar refractivity (Wildman–Crippen MR) is 83.8 cm³/mol. The van der Waals surface area contributed by atoms with Gasteiger partial charge in [0.1, 0.15) is 17.1 Å². The smallest absolute Gasteiger partial charge is 0.416 e. The van der Waals surface area contributed by atoms with Gasteiger partial charge < -0.3 is 19.7 Å². The Kier molecular flexibility index (Phi) is 5.37. The summed E-state index contributed by atoms with van der Waals surface area (Å²) >= 11 is 1.29. The minimum atomic E-state index is -0.682. The van der Waals surface area contributed by atoms with E-state index in [2.05, 4.69) is 4.99 Å². The first-order chi connectivity index (χ1) is 10.2. The number of amides is 1. The molecule has 1 fully saturated rings. The minimum Gasteiger partial charge on any atom is -0.443 e. The van der Waals surface area contributed by atoms with Crippen LogP contribution in [0.5, 0.6) is 0 Å². The van der Waals surface area contributed by atoms with E-state index in [9.17, 15) is 15.0 Å². The molecule has 0 saturated carbocycles. The van der Waals surface area contributed by atoms with Gasteiger partial charge in [0.05, 0.1) is 18.8 Å². The van der Waals surface area contributed by atoms with Crippen molar-refractivity contribution in [3.63, 3.8) is 0 Å². The van der Waals surface area contributed by atoms with Crippen LogP contribution in [0.15, 0.2) is 4.99 Å². The predicted octanol–water partition coefficient (Wildman–Crippen LogP) is 1.18. The van der Waals surface area contributed by atoms with Crippen LogP contribution in [0.2, 0.25) is 0 Å². The van der Waals surface area contributed by atoms with Crippen LogP contribution in [0.4, 0.5) is 4.79 Å². The number of amidine groups is 1. The quantitative estimate of drug-likeness (QED) is 0.789. The maximum atomic E-state index is 12.3. The third-order valence-electron chi connectivity index (χ3n) is 3.35. The number of carbonyl (C=O) groups excluding carboxylic acids is 1. The van der Waals surface area contributed by atoms with Crippen molar-refractivity contribution in [2.75, 3.05) is 13.2 Å². The van der Waals surface area contributed by atoms with E-state index in [1.54, 1.807) is 20.8 Å². The summed E-state index contributed by atoms with van der Waals surface area (Å²) in [6, 6.07) is -0.417. The van der Waals surface area contributed by atoms with Gasteiger partial charge in [0, 0.05) is 13.0 Å². The number of nitrogens with zero attached hydrogens (tertiary/aromatic N) is 2. The fourth-order valence-electron chi connectivity index (χ4n) is 2.33. The van der Waals surface area contributed by atoms with Crippen LogP contribution in [0.25, 0.3) is 0 Å². The third-order valence-corrected chi connectivity index (χ3v) is 4.51. The molecule has 1 saturated heterocycles. The Morgan fingerprint density at radius 2 is 2.23 bits per heavy atom. The summed E-state index contributed by atoms with van der Waals surface area (Å²) in [4.78, 5) is 18.1. The number of fused-ring (bicyclic) bond motifs is 1. The number of hydrogen-bond acceptors (Lipinski definition) is 7. The van der Waals surface area contributed by atoms with E-state index >= 15 is 0 Å². The first kappa shape index (κ1) is 17.5. The van der Waals surface area contributed by atoms with Gasteiger partial charge in [-0.05, 0) is 27.7 Å². The molecule has 0 aromatic heterocycles. The van der Waals surface area contributed by atoms with Crippen molar-refractivity contribution in [3.05, 3.63) is 0 Å². The fourth-order valence-corrected chi connectivity index (χ4v) is 3.65. The average Bonchev–Trinajstić information content (AvgIpc) is 2.81. The maximum absolute atomic E-state index is 12.3. The third kappa shape index (κ3) is 3.92. The van der Waals surface area contributed by atoms with Crippen molar-refractivity contribution >= 4 is 23.0 Å². The Bertz CT molecular complexity index is 451. The minimum absolute atomic E-state index is 0.139. The monoisotopic (exact) mass is 332 g/mol. The molecule has 2 heterocycles. The van der Waals surface area contributed by atoms with Crippen molar-refractivity contribution in [1.82, 2.24) is 4.90 Å². The number of hydrogen-bond donors (Lipinski definition) is 2. The molecule has 1 amide bonds. The molecule has 0 aromatic rings. The van der Waals surface area contributed by atoms with Crippen LogP contribution in [-0.4, -0.2) is 68.8 Å². The number of ether oxygens (including phenoxy) is 2. The van der Waals surface area contributed by atoms with Gasteiger partial charge in [-0.2, -0.15) is 0 Å². The van der Waals surface area contributed by atoms with E-state index in [1.165, 1.54) is 16.7 Å². The molecule has 7 nitrogen and oxygen atoms in total. The average molecular weight is 332 g/mol. The van der Waals surface area contributed by atoms with Gasteiger partial charge in [-0.3, -0.25) is 9.89 Å². The molecule has 4 atom stereocenters. The van der Waals surface area contributed by atoms with Gasteiger partial charge in [-0.1, -0.05) is 11.8 Å². The van der Waals surface area contributed by atoms with E-state index in [4.69, 9.17) is 9.47 Å². The largest absolute Gasteiger partial charge is 0.443 e. The summed E-state index contributed by atoms with van der Waals surface area (Å²) in [5.41, 5.74) is -0.966. The van der Waals surface area contributed by atoms with E-state index in [0.717, 1.165) is 0 Å². The second-order valence-corrected chi connectivity index (χ2v) is 7.42. The molecular weight excluding hydrogens is 308 g/mol. The van der Waals surface area contributed by atoms with Crippen LogP contribution in [-0.2, 0) is 9.47 Å². The summed E-state index contributed by atoms with van der Waals surface area (Å²) in [5, 5.41) is 19.8. The summed E-state index contributed by atoms with van der Waals surface area (Å²) in [7, 11) is 0. The normalized spacial score (nSPS) is 31.5. The molecule has 2 aliphatic heterocycles.